The molecule has 60 heavy (non-hydrogen) atoms. The first-order valence-electron chi connectivity index (χ1n) is 21.3. The molecule has 0 atom stereocenters. The van der Waals surface area contributed by atoms with Crippen LogP contribution in [0.5, 0.6) is 0 Å². The standard InChI is InChI=1S/C55H49BN4/c1-36-30-51-53-52(31-36)60(44-22-18-37-26-28-57(48(37)34-44)41-14-10-8-11-15-41)50-35-49-38(27-29-58(49)42-16-12-9-13-17-42)32-45(50)56(53)46-33-40(55(5,6)7)21-25-47(46)59(51)43-23-19-39(20-24-43)54(2,3)4/h8-35H,1-7H3. The summed E-state index contributed by atoms with van der Waals surface area (Å²) in [7, 11) is 0. The van der Waals surface area contributed by atoms with Crippen LogP contribution in [0.15, 0.2) is 170 Å². The van der Waals surface area contributed by atoms with Crippen LogP contribution in [0.3, 0.4) is 0 Å². The molecule has 11 rings (SSSR count). The summed E-state index contributed by atoms with van der Waals surface area (Å²) in [6.45, 7) is 16.1. The van der Waals surface area contributed by atoms with Gasteiger partial charge < -0.3 is 18.9 Å². The van der Waals surface area contributed by atoms with E-state index < -0.39 is 0 Å². The van der Waals surface area contributed by atoms with E-state index in [0.29, 0.717) is 0 Å². The van der Waals surface area contributed by atoms with E-state index in [1.807, 2.05) is 0 Å². The Morgan fingerprint density at radius 1 is 0.400 bits per heavy atom. The predicted octanol–water partition coefficient (Wildman–Crippen LogP) is 12.6. The third kappa shape index (κ3) is 5.67. The number of fused-ring (bicyclic) bond motifs is 6. The van der Waals surface area contributed by atoms with Crippen molar-refractivity contribution in [3.05, 3.63) is 187 Å². The minimum absolute atomic E-state index is 0.0191. The van der Waals surface area contributed by atoms with Crippen molar-refractivity contribution >= 4 is 79.0 Å². The van der Waals surface area contributed by atoms with Crippen molar-refractivity contribution in [3.8, 4) is 11.4 Å². The summed E-state index contributed by atoms with van der Waals surface area (Å²) in [6.07, 6.45) is 4.42. The fourth-order valence-electron chi connectivity index (χ4n) is 9.78. The van der Waals surface area contributed by atoms with E-state index in [2.05, 4.69) is 238 Å². The van der Waals surface area contributed by atoms with Gasteiger partial charge in [-0.3, -0.25) is 0 Å². The maximum atomic E-state index is 2.56. The van der Waals surface area contributed by atoms with Crippen molar-refractivity contribution in [1.82, 2.24) is 9.13 Å². The monoisotopic (exact) mass is 776 g/mol. The smallest absolute Gasteiger partial charge is 0.252 e. The molecule has 0 aliphatic carbocycles. The molecule has 2 aliphatic rings. The van der Waals surface area contributed by atoms with Crippen molar-refractivity contribution in [2.24, 2.45) is 0 Å². The Kier molecular flexibility index (Phi) is 7.97. The number of rotatable bonds is 4. The van der Waals surface area contributed by atoms with Crippen molar-refractivity contribution in [1.29, 1.82) is 0 Å². The van der Waals surface area contributed by atoms with Gasteiger partial charge in [0.05, 0.1) is 11.0 Å². The zero-order valence-electron chi connectivity index (χ0n) is 35.5. The summed E-state index contributed by atoms with van der Waals surface area (Å²) in [4.78, 5) is 5.09. The van der Waals surface area contributed by atoms with E-state index in [4.69, 9.17) is 0 Å². The molecule has 5 heteroatoms. The molecule has 0 saturated heterocycles. The number of anilines is 6. The summed E-state index contributed by atoms with van der Waals surface area (Å²) in [5.41, 5.74) is 19.8. The zero-order chi connectivity index (χ0) is 41.1. The minimum atomic E-state index is -0.0198. The maximum Gasteiger partial charge on any atom is 0.252 e. The fraction of sp³-hybridized carbons (Fsp3) is 0.164. The van der Waals surface area contributed by atoms with E-state index in [9.17, 15) is 0 Å². The molecule has 0 unspecified atom stereocenters. The highest BCUT2D eigenvalue weighted by molar-refractivity contribution is 7.00. The van der Waals surface area contributed by atoms with Gasteiger partial charge in [0, 0.05) is 63.3 Å². The summed E-state index contributed by atoms with van der Waals surface area (Å²) in [5.74, 6) is 0. The van der Waals surface area contributed by atoms with Gasteiger partial charge in [-0.1, -0.05) is 114 Å². The van der Waals surface area contributed by atoms with Crippen LogP contribution in [0.1, 0.15) is 58.2 Å². The Hall–Kier alpha value is -6.72. The third-order valence-corrected chi connectivity index (χ3v) is 12.9. The molecule has 292 valence electrons. The number of benzene rings is 7. The van der Waals surface area contributed by atoms with Crippen LogP contribution < -0.4 is 26.2 Å². The van der Waals surface area contributed by atoms with Crippen molar-refractivity contribution in [2.75, 3.05) is 9.80 Å². The first-order chi connectivity index (χ1) is 28.9. The normalized spacial score (nSPS) is 13.5. The second kappa shape index (κ2) is 13.1. The topological polar surface area (TPSA) is 16.3 Å². The van der Waals surface area contributed by atoms with Gasteiger partial charge in [-0.15, -0.1) is 0 Å². The molecule has 0 radical (unpaired) electrons. The molecule has 0 saturated carbocycles. The SMILES string of the molecule is Cc1cc2c3c(c1)N(c1ccc4ccn(-c5ccccc5)c4c1)c1cc4c(ccn4-c4ccccc4)cc1B3c1cc(C(C)(C)C)ccc1N2c1ccc(C(C)(C)C)cc1. The first kappa shape index (κ1) is 36.4. The number of hydrogen-bond donors (Lipinski definition) is 0. The largest absolute Gasteiger partial charge is 0.316 e. The molecule has 0 bridgehead atoms. The number of aryl methyl sites for hydroxylation is 1. The molecule has 7 aromatic carbocycles. The van der Waals surface area contributed by atoms with Crippen LogP contribution in [0.4, 0.5) is 34.1 Å². The van der Waals surface area contributed by atoms with Gasteiger partial charge in [0.25, 0.3) is 6.71 Å². The Bertz CT molecular complexity index is 3120. The highest BCUT2D eigenvalue weighted by Gasteiger charge is 2.44. The first-order valence-corrected chi connectivity index (χ1v) is 21.3. The van der Waals surface area contributed by atoms with Gasteiger partial charge in [0.1, 0.15) is 0 Å². The summed E-state index contributed by atoms with van der Waals surface area (Å²) in [5, 5.41) is 2.45. The lowest BCUT2D eigenvalue weighted by Crippen LogP contribution is -2.61. The molecule has 2 aromatic heterocycles. The lowest BCUT2D eigenvalue weighted by Gasteiger charge is -2.45. The Balaban J connectivity index is 1.22. The van der Waals surface area contributed by atoms with Gasteiger partial charge in [-0.25, -0.2) is 0 Å². The second-order valence-electron chi connectivity index (χ2n) is 18.9. The number of hydrogen-bond acceptors (Lipinski definition) is 2. The molecule has 2 aliphatic heterocycles. The molecule has 0 amide bonds. The molecule has 4 nitrogen and oxygen atoms in total. The lowest BCUT2D eigenvalue weighted by atomic mass is 9.33. The molecule has 9 aromatic rings. The van der Waals surface area contributed by atoms with E-state index in [0.717, 1.165) is 17.1 Å². The molecule has 0 spiro atoms. The van der Waals surface area contributed by atoms with Crippen LogP contribution >= 0.6 is 0 Å². The van der Waals surface area contributed by atoms with Crippen molar-refractivity contribution in [3.63, 3.8) is 0 Å². The van der Waals surface area contributed by atoms with Gasteiger partial charge in [-0.05, 0) is 141 Å². The lowest BCUT2D eigenvalue weighted by molar-refractivity contribution is 0.590. The highest BCUT2D eigenvalue weighted by atomic mass is 15.2. The second-order valence-corrected chi connectivity index (χ2v) is 18.9. The van der Waals surface area contributed by atoms with Gasteiger partial charge in [0.2, 0.25) is 0 Å². The molecular formula is C55H49BN4. The average molecular weight is 777 g/mol. The Morgan fingerprint density at radius 2 is 0.933 bits per heavy atom. The van der Waals surface area contributed by atoms with E-state index in [1.165, 1.54) is 83.3 Å². The zero-order valence-corrected chi connectivity index (χ0v) is 35.5. The molecular weight excluding hydrogens is 727 g/mol. The van der Waals surface area contributed by atoms with Crippen molar-refractivity contribution in [2.45, 2.75) is 59.3 Å². The van der Waals surface area contributed by atoms with Crippen molar-refractivity contribution < 1.29 is 0 Å². The summed E-state index contributed by atoms with van der Waals surface area (Å²) >= 11 is 0. The summed E-state index contributed by atoms with van der Waals surface area (Å²) in [6, 6.07) is 59.2. The summed E-state index contributed by atoms with van der Waals surface area (Å²) < 4.78 is 4.65. The van der Waals surface area contributed by atoms with Gasteiger partial charge >= 0.3 is 0 Å². The van der Waals surface area contributed by atoms with E-state index >= 15 is 0 Å². The average Bonchev–Trinajstić information content (AvgIpc) is 3.86. The maximum absolute atomic E-state index is 2.56. The number of nitrogens with zero attached hydrogens (tertiary/aromatic N) is 4. The molecule has 4 heterocycles. The van der Waals surface area contributed by atoms with Crippen LogP contribution in [-0.4, -0.2) is 15.8 Å². The predicted molar refractivity (Wildman–Crippen MR) is 256 cm³/mol. The van der Waals surface area contributed by atoms with Crippen LogP contribution in [0.2, 0.25) is 0 Å². The van der Waals surface area contributed by atoms with Gasteiger partial charge in [0.15, 0.2) is 0 Å². The van der Waals surface area contributed by atoms with E-state index in [-0.39, 0.29) is 17.5 Å². The Labute approximate surface area is 354 Å². The minimum Gasteiger partial charge on any atom is -0.316 e. The molecule has 0 N–H and O–H groups in total. The fourth-order valence-corrected chi connectivity index (χ4v) is 9.78. The number of aromatic nitrogens is 2. The Morgan fingerprint density at radius 3 is 1.55 bits per heavy atom. The van der Waals surface area contributed by atoms with E-state index in [1.54, 1.807) is 0 Å². The number of para-hydroxylation sites is 2. The molecule has 0 fully saturated rings. The third-order valence-electron chi connectivity index (χ3n) is 12.9. The highest BCUT2D eigenvalue weighted by Crippen LogP contribution is 2.46. The van der Waals surface area contributed by atoms with Crippen LogP contribution in [-0.2, 0) is 10.8 Å². The van der Waals surface area contributed by atoms with Crippen LogP contribution in [0, 0.1) is 6.92 Å². The quantitative estimate of drug-likeness (QED) is 0.166. The van der Waals surface area contributed by atoms with Crippen LogP contribution in [0.25, 0.3) is 33.2 Å². The van der Waals surface area contributed by atoms with Gasteiger partial charge in [-0.2, -0.15) is 0 Å².